The molecule has 2 aliphatic carbocycles. The molecule has 4 nitrogen and oxygen atoms in total. The number of hydrogen-bond donors (Lipinski definition) is 2. The van der Waals surface area contributed by atoms with E-state index < -0.39 is 0 Å². The average Bonchev–Trinajstić information content (AvgIpc) is 3.08. The van der Waals surface area contributed by atoms with E-state index in [1.807, 2.05) is 0 Å². The highest BCUT2D eigenvalue weighted by Crippen LogP contribution is 2.42. The molecular formula is C41H84N4. The van der Waals surface area contributed by atoms with Crippen molar-refractivity contribution < 1.29 is 0 Å². The van der Waals surface area contributed by atoms with Gasteiger partial charge in [-0.3, -0.25) is 9.80 Å². The Bertz CT molecular complexity index is 596. The Labute approximate surface area is 284 Å². The van der Waals surface area contributed by atoms with Gasteiger partial charge in [0.2, 0.25) is 0 Å². The van der Waals surface area contributed by atoms with Crippen LogP contribution in [0.4, 0.5) is 0 Å². The molecule has 2 unspecified atom stereocenters. The highest BCUT2D eigenvalue weighted by molar-refractivity contribution is 5.00. The summed E-state index contributed by atoms with van der Waals surface area (Å²) < 4.78 is 0. The summed E-state index contributed by atoms with van der Waals surface area (Å²) in [5, 5.41) is 7.97. The van der Waals surface area contributed by atoms with E-state index in [0.29, 0.717) is 11.1 Å². The first-order valence-electron chi connectivity index (χ1n) is 21.0. The molecular weight excluding hydrogens is 548 g/mol. The van der Waals surface area contributed by atoms with E-state index in [9.17, 15) is 0 Å². The zero-order valence-electron chi connectivity index (χ0n) is 32.0. The lowest BCUT2D eigenvalue weighted by Gasteiger charge is -2.52. The molecule has 4 heteroatoms. The molecule has 2 aliphatic rings. The fourth-order valence-corrected chi connectivity index (χ4v) is 9.46. The van der Waals surface area contributed by atoms with Crippen molar-refractivity contribution >= 4 is 0 Å². The number of nitrogens with zero attached hydrogens (tertiary/aromatic N) is 2. The fourth-order valence-electron chi connectivity index (χ4n) is 9.46. The van der Waals surface area contributed by atoms with Gasteiger partial charge >= 0.3 is 0 Å². The molecule has 2 atom stereocenters. The first-order valence-corrected chi connectivity index (χ1v) is 21.0. The molecule has 0 aromatic heterocycles. The van der Waals surface area contributed by atoms with Gasteiger partial charge in [0, 0.05) is 11.1 Å². The topological polar surface area (TPSA) is 30.5 Å². The van der Waals surface area contributed by atoms with Gasteiger partial charge in [-0.1, -0.05) is 125 Å². The van der Waals surface area contributed by atoms with Crippen LogP contribution in [-0.2, 0) is 0 Å². The molecule has 0 bridgehead atoms. The average molecular weight is 633 g/mol. The van der Waals surface area contributed by atoms with Gasteiger partial charge in [0.15, 0.2) is 0 Å². The Hall–Kier alpha value is -0.160. The summed E-state index contributed by atoms with van der Waals surface area (Å²) in [6.45, 7) is 24.5. The molecule has 2 rings (SSSR count). The largest absolute Gasteiger partial charge is 0.316 e. The van der Waals surface area contributed by atoms with Crippen molar-refractivity contribution in [1.82, 2.24) is 20.4 Å². The smallest absolute Gasteiger partial charge is 0.0249 e. The van der Waals surface area contributed by atoms with Crippen molar-refractivity contribution in [2.45, 2.75) is 200 Å². The summed E-state index contributed by atoms with van der Waals surface area (Å²) in [5.74, 6) is 1.58. The molecule has 0 spiro atoms. The van der Waals surface area contributed by atoms with Gasteiger partial charge in [-0.15, -0.1) is 0 Å². The molecule has 268 valence electrons. The number of rotatable bonds is 28. The van der Waals surface area contributed by atoms with Crippen LogP contribution in [-0.4, -0.2) is 73.2 Å². The summed E-state index contributed by atoms with van der Waals surface area (Å²) in [6, 6.07) is 0. The molecule has 2 fully saturated rings. The predicted octanol–water partition coefficient (Wildman–Crippen LogP) is 10.6. The Morgan fingerprint density at radius 3 is 1.07 bits per heavy atom. The quantitative estimate of drug-likeness (QED) is 0.0840. The van der Waals surface area contributed by atoms with Gasteiger partial charge in [0.05, 0.1) is 0 Å². The second-order valence-corrected chi connectivity index (χ2v) is 15.4. The van der Waals surface area contributed by atoms with Crippen LogP contribution in [0.1, 0.15) is 189 Å². The predicted molar refractivity (Wildman–Crippen MR) is 202 cm³/mol. The Balaban J connectivity index is 1.81. The van der Waals surface area contributed by atoms with Crippen LogP contribution in [0.3, 0.4) is 0 Å². The van der Waals surface area contributed by atoms with Gasteiger partial charge in [-0.05, 0) is 128 Å². The molecule has 0 radical (unpaired) electrons. The maximum absolute atomic E-state index is 3.99. The van der Waals surface area contributed by atoms with Crippen LogP contribution in [0.25, 0.3) is 0 Å². The molecule has 0 aromatic rings. The van der Waals surface area contributed by atoms with E-state index in [2.05, 4.69) is 62.0 Å². The monoisotopic (exact) mass is 633 g/mol. The Kier molecular flexibility index (Phi) is 22.7. The molecule has 0 aliphatic heterocycles. The minimum Gasteiger partial charge on any atom is -0.316 e. The van der Waals surface area contributed by atoms with Crippen molar-refractivity contribution in [2.75, 3.05) is 52.4 Å². The Morgan fingerprint density at radius 2 is 0.778 bits per heavy atom. The second-order valence-electron chi connectivity index (χ2n) is 15.4. The molecule has 0 aromatic carbocycles. The van der Waals surface area contributed by atoms with Crippen molar-refractivity contribution in [3.05, 3.63) is 0 Å². The molecule has 2 N–H and O–H groups in total. The van der Waals surface area contributed by atoms with Gasteiger partial charge in [0.25, 0.3) is 0 Å². The van der Waals surface area contributed by atoms with Crippen molar-refractivity contribution in [3.63, 3.8) is 0 Å². The van der Waals surface area contributed by atoms with Gasteiger partial charge in [0.1, 0.15) is 0 Å². The first kappa shape index (κ1) is 41.0. The van der Waals surface area contributed by atoms with Gasteiger partial charge in [-0.2, -0.15) is 0 Å². The molecule has 0 heterocycles. The zero-order valence-corrected chi connectivity index (χ0v) is 32.0. The lowest BCUT2D eigenvalue weighted by atomic mass is 9.70. The van der Waals surface area contributed by atoms with Crippen LogP contribution < -0.4 is 10.6 Å². The maximum atomic E-state index is 3.99. The highest BCUT2D eigenvalue weighted by atomic mass is 15.2. The van der Waals surface area contributed by atoms with Crippen LogP contribution >= 0.6 is 0 Å². The Morgan fingerprint density at radius 1 is 0.444 bits per heavy atom. The van der Waals surface area contributed by atoms with Crippen molar-refractivity contribution in [3.8, 4) is 0 Å². The number of nitrogens with one attached hydrogen (secondary N) is 2. The van der Waals surface area contributed by atoms with Crippen LogP contribution in [0.15, 0.2) is 0 Å². The summed E-state index contributed by atoms with van der Waals surface area (Å²) >= 11 is 0. The van der Waals surface area contributed by atoms with Crippen LogP contribution in [0.5, 0.6) is 0 Å². The third-order valence-electron chi connectivity index (χ3n) is 12.3. The first-order chi connectivity index (χ1) is 22.1. The van der Waals surface area contributed by atoms with Gasteiger partial charge in [-0.25, -0.2) is 0 Å². The third kappa shape index (κ3) is 13.3. The molecule has 0 amide bonds. The zero-order chi connectivity index (χ0) is 32.6. The van der Waals surface area contributed by atoms with Crippen molar-refractivity contribution in [2.24, 2.45) is 11.8 Å². The van der Waals surface area contributed by atoms with E-state index in [-0.39, 0.29) is 0 Å². The highest BCUT2D eigenvalue weighted by Gasteiger charge is 2.44. The van der Waals surface area contributed by atoms with Crippen LogP contribution in [0, 0.1) is 11.8 Å². The lowest BCUT2D eigenvalue weighted by molar-refractivity contribution is -0.00560. The van der Waals surface area contributed by atoms with E-state index in [1.165, 1.54) is 200 Å². The summed E-state index contributed by atoms with van der Waals surface area (Å²) in [5.41, 5.74) is 0.894. The minimum atomic E-state index is 0.447. The SMILES string of the molecule is CCCCN(CCCC)C1(C(CC)CNCCCCCNCC(CC)C2(N(CCCC)CCCC)CCCCC2)CCCCC1. The maximum Gasteiger partial charge on any atom is 0.0249 e. The number of unbranched alkanes of at least 4 members (excludes halogenated alkanes) is 6. The van der Waals surface area contributed by atoms with E-state index in [1.54, 1.807) is 0 Å². The van der Waals surface area contributed by atoms with E-state index >= 15 is 0 Å². The fraction of sp³-hybridized carbons (Fsp3) is 1.00. The molecule has 2 saturated carbocycles. The molecule has 0 saturated heterocycles. The van der Waals surface area contributed by atoms with Crippen molar-refractivity contribution in [1.29, 1.82) is 0 Å². The van der Waals surface area contributed by atoms with E-state index in [0.717, 1.165) is 11.8 Å². The number of hydrogen-bond acceptors (Lipinski definition) is 4. The normalized spacial score (nSPS) is 19.7. The van der Waals surface area contributed by atoms with Crippen LogP contribution in [0.2, 0.25) is 0 Å². The second kappa shape index (κ2) is 24.9. The minimum absolute atomic E-state index is 0.447. The summed E-state index contributed by atoms with van der Waals surface area (Å²) in [4.78, 5) is 5.99. The summed E-state index contributed by atoms with van der Waals surface area (Å²) in [6.07, 6.45) is 31.7. The summed E-state index contributed by atoms with van der Waals surface area (Å²) in [7, 11) is 0. The van der Waals surface area contributed by atoms with E-state index in [4.69, 9.17) is 0 Å². The van der Waals surface area contributed by atoms with Gasteiger partial charge < -0.3 is 10.6 Å². The third-order valence-corrected chi connectivity index (χ3v) is 12.3. The lowest BCUT2D eigenvalue weighted by Crippen LogP contribution is -2.57. The molecule has 45 heavy (non-hydrogen) atoms. The standard InChI is InChI=1S/C41H84N4/c1-7-13-32-44(33-14-8-2)40(26-20-17-21-27-40)38(11-5)36-42-30-24-19-25-31-43-37-39(12-6)41(28-22-18-23-29-41)45(34-15-9-3)35-16-10-4/h38-39,42-43H,7-37H2,1-6H3.